The van der Waals surface area contributed by atoms with E-state index in [9.17, 15) is 13.2 Å². The molecule has 5 heteroatoms. The van der Waals surface area contributed by atoms with E-state index in [1.165, 1.54) is 0 Å². The molecular weight excluding hydrogens is 202 g/mol. The summed E-state index contributed by atoms with van der Waals surface area (Å²) in [5.74, 6) is 0.0234. The van der Waals surface area contributed by atoms with E-state index in [1.807, 2.05) is 6.92 Å². The van der Waals surface area contributed by atoms with E-state index < -0.39 is 16.1 Å². The van der Waals surface area contributed by atoms with Crippen LogP contribution in [0.25, 0.3) is 0 Å². The zero-order valence-corrected chi connectivity index (χ0v) is 9.86. The number of Topliss-reactive ketones (excluding diaryl/α,β-unsaturated/α-hetero) is 1. The van der Waals surface area contributed by atoms with Crippen LogP contribution < -0.4 is 4.72 Å². The number of unbranched alkanes of at least 4 members (excludes halogenated alkanes) is 1. The molecular formula is C9H19NO3S. The lowest BCUT2D eigenvalue weighted by molar-refractivity contribution is -0.119. The highest BCUT2D eigenvalue weighted by Crippen LogP contribution is 1.97. The van der Waals surface area contributed by atoms with Crippen molar-refractivity contribution in [1.82, 2.24) is 4.72 Å². The Kier molecular flexibility index (Phi) is 5.95. The average molecular weight is 221 g/mol. The fourth-order valence-corrected chi connectivity index (χ4v) is 2.49. The van der Waals surface area contributed by atoms with Crippen molar-refractivity contribution in [2.45, 2.75) is 46.1 Å². The monoisotopic (exact) mass is 221 g/mol. The van der Waals surface area contributed by atoms with Crippen LogP contribution in [0, 0.1) is 0 Å². The van der Waals surface area contributed by atoms with Gasteiger partial charge in [-0.05, 0) is 13.3 Å². The highest BCUT2D eigenvalue weighted by molar-refractivity contribution is 7.89. The topological polar surface area (TPSA) is 63.2 Å². The van der Waals surface area contributed by atoms with Crippen molar-refractivity contribution in [2.75, 3.05) is 5.75 Å². The Morgan fingerprint density at radius 1 is 1.36 bits per heavy atom. The molecule has 1 unspecified atom stereocenters. The van der Waals surface area contributed by atoms with Gasteiger partial charge in [0.15, 0.2) is 0 Å². The SMILES string of the molecule is CCCCS(=O)(=O)NC(C)C(=O)CC. The van der Waals surface area contributed by atoms with Gasteiger partial charge in [0.25, 0.3) is 0 Å². The average Bonchev–Trinajstić information content (AvgIpc) is 2.12. The van der Waals surface area contributed by atoms with Gasteiger partial charge < -0.3 is 0 Å². The van der Waals surface area contributed by atoms with Crippen molar-refractivity contribution in [3.63, 3.8) is 0 Å². The molecule has 0 saturated heterocycles. The van der Waals surface area contributed by atoms with Gasteiger partial charge in [0, 0.05) is 6.42 Å². The quantitative estimate of drug-likeness (QED) is 0.699. The second-order valence-electron chi connectivity index (χ2n) is 3.33. The molecule has 84 valence electrons. The molecule has 0 aliphatic heterocycles. The first-order chi connectivity index (χ1) is 6.43. The Labute approximate surface area is 86.1 Å². The summed E-state index contributed by atoms with van der Waals surface area (Å²) in [7, 11) is -3.27. The third-order valence-corrected chi connectivity index (χ3v) is 3.49. The van der Waals surface area contributed by atoms with Crippen molar-refractivity contribution in [1.29, 1.82) is 0 Å². The molecule has 1 atom stereocenters. The van der Waals surface area contributed by atoms with Gasteiger partial charge in [-0.2, -0.15) is 0 Å². The second-order valence-corrected chi connectivity index (χ2v) is 5.21. The predicted molar refractivity (Wildman–Crippen MR) is 56.6 cm³/mol. The number of rotatable bonds is 7. The first-order valence-electron chi connectivity index (χ1n) is 4.95. The summed E-state index contributed by atoms with van der Waals surface area (Å²) in [4.78, 5) is 11.1. The van der Waals surface area contributed by atoms with Gasteiger partial charge in [-0.25, -0.2) is 13.1 Å². The Bertz CT molecular complexity index is 272. The van der Waals surface area contributed by atoms with Gasteiger partial charge in [0.1, 0.15) is 5.78 Å². The Morgan fingerprint density at radius 3 is 2.36 bits per heavy atom. The Morgan fingerprint density at radius 2 is 1.93 bits per heavy atom. The zero-order valence-electron chi connectivity index (χ0n) is 9.04. The summed E-state index contributed by atoms with van der Waals surface area (Å²) in [6.45, 7) is 5.23. The Hall–Kier alpha value is -0.420. The maximum atomic E-state index is 11.4. The smallest absolute Gasteiger partial charge is 0.212 e. The van der Waals surface area contributed by atoms with Crippen LogP contribution in [-0.2, 0) is 14.8 Å². The molecule has 0 bridgehead atoms. The fraction of sp³-hybridized carbons (Fsp3) is 0.889. The van der Waals surface area contributed by atoms with Gasteiger partial charge in [-0.15, -0.1) is 0 Å². The van der Waals surface area contributed by atoms with Crippen LogP contribution in [0.4, 0.5) is 0 Å². The first-order valence-corrected chi connectivity index (χ1v) is 6.60. The van der Waals surface area contributed by atoms with Crippen LogP contribution in [0.1, 0.15) is 40.0 Å². The fourth-order valence-electron chi connectivity index (χ4n) is 1.03. The van der Waals surface area contributed by atoms with Crippen LogP contribution in [-0.4, -0.2) is 26.0 Å². The minimum atomic E-state index is -3.27. The second kappa shape index (κ2) is 6.14. The van der Waals surface area contributed by atoms with Crippen LogP contribution >= 0.6 is 0 Å². The number of hydrogen-bond acceptors (Lipinski definition) is 3. The molecule has 4 nitrogen and oxygen atoms in total. The van der Waals surface area contributed by atoms with E-state index in [2.05, 4.69) is 4.72 Å². The summed E-state index contributed by atoms with van der Waals surface area (Å²) in [6.07, 6.45) is 1.82. The number of nitrogens with one attached hydrogen (secondary N) is 1. The van der Waals surface area contributed by atoms with Crippen LogP contribution in [0.15, 0.2) is 0 Å². The van der Waals surface area contributed by atoms with Gasteiger partial charge >= 0.3 is 0 Å². The van der Waals surface area contributed by atoms with Gasteiger partial charge in [-0.3, -0.25) is 4.79 Å². The van der Waals surface area contributed by atoms with Crippen LogP contribution in [0.3, 0.4) is 0 Å². The largest absolute Gasteiger partial charge is 0.298 e. The van der Waals surface area contributed by atoms with Crippen LogP contribution in [0.2, 0.25) is 0 Å². The summed E-state index contributed by atoms with van der Waals surface area (Å²) in [5, 5.41) is 0. The molecule has 0 rings (SSSR count). The number of sulfonamides is 1. The summed E-state index contributed by atoms with van der Waals surface area (Å²) in [6, 6.07) is -0.596. The van der Waals surface area contributed by atoms with Gasteiger partial charge in [0.2, 0.25) is 10.0 Å². The molecule has 0 radical (unpaired) electrons. The maximum absolute atomic E-state index is 11.4. The first kappa shape index (κ1) is 13.6. The van der Waals surface area contributed by atoms with E-state index in [1.54, 1.807) is 13.8 Å². The van der Waals surface area contributed by atoms with E-state index in [4.69, 9.17) is 0 Å². The molecule has 0 aromatic heterocycles. The molecule has 14 heavy (non-hydrogen) atoms. The minimum Gasteiger partial charge on any atom is -0.298 e. The predicted octanol–water partition coefficient (Wildman–Crippen LogP) is 1.07. The number of hydrogen-bond donors (Lipinski definition) is 1. The highest BCUT2D eigenvalue weighted by Gasteiger charge is 2.17. The molecule has 0 aliphatic carbocycles. The summed E-state index contributed by atoms with van der Waals surface area (Å²) in [5.41, 5.74) is 0. The summed E-state index contributed by atoms with van der Waals surface area (Å²) >= 11 is 0. The number of carbonyl (C=O) groups excluding carboxylic acids is 1. The third kappa shape index (κ3) is 5.34. The lowest BCUT2D eigenvalue weighted by atomic mass is 10.2. The molecule has 0 spiro atoms. The highest BCUT2D eigenvalue weighted by atomic mass is 32.2. The maximum Gasteiger partial charge on any atom is 0.212 e. The number of ketones is 1. The van der Waals surface area contributed by atoms with E-state index in [0.717, 1.165) is 6.42 Å². The molecule has 0 aliphatic rings. The minimum absolute atomic E-state index is 0.0786. The zero-order chi connectivity index (χ0) is 11.2. The molecule has 0 aromatic carbocycles. The molecule has 0 heterocycles. The Balaban J connectivity index is 4.15. The van der Waals surface area contributed by atoms with Crippen molar-refractivity contribution < 1.29 is 13.2 Å². The van der Waals surface area contributed by atoms with Gasteiger partial charge in [-0.1, -0.05) is 20.3 Å². The molecule has 0 saturated carbocycles. The van der Waals surface area contributed by atoms with Gasteiger partial charge in [0.05, 0.1) is 11.8 Å². The van der Waals surface area contributed by atoms with E-state index in [-0.39, 0.29) is 11.5 Å². The molecule has 0 fully saturated rings. The van der Waals surface area contributed by atoms with Crippen LogP contribution in [0.5, 0.6) is 0 Å². The van der Waals surface area contributed by atoms with Crippen molar-refractivity contribution >= 4 is 15.8 Å². The van der Waals surface area contributed by atoms with Crippen molar-refractivity contribution in [3.8, 4) is 0 Å². The molecule has 0 amide bonds. The summed E-state index contributed by atoms with van der Waals surface area (Å²) < 4.78 is 25.1. The normalized spacial score (nSPS) is 13.9. The van der Waals surface area contributed by atoms with Crippen molar-refractivity contribution in [2.24, 2.45) is 0 Å². The molecule has 0 aromatic rings. The van der Waals surface area contributed by atoms with Crippen molar-refractivity contribution in [3.05, 3.63) is 0 Å². The number of carbonyl (C=O) groups is 1. The molecule has 1 N–H and O–H groups in total. The third-order valence-electron chi connectivity index (χ3n) is 1.95. The van der Waals surface area contributed by atoms with E-state index in [0.29, 0.717) is 12.8 Å². The lowest BCUT2D eigenvalue weighted by Crippen LogP contribution is -2.39. The van der Waals surface area contributed by atoms with E-state index >= 15 is 0 Å². The standard InChI is InChI=1S/C9H19NO3S/c1-4-6-7-14(12,13)10-8(3)9(11)5-2/h8,10H,4-7H2,1-3H3. The lowest BCUT2D eigenvalue weighted by Gasteiger charge is -2.11.